The van der Waals surface area contributed by atoms with Gasteiger partial charge in [-0.1, -0.05) is 13.0 Å². The summed E-state index contributed by atoms with van der Waals surface area (Å²) in [5, 5.41) is 20.4. The second-order valence-corrected chi connectivity index (χ2v) is 6.89. The van der Waals surface area contributed by atoms with Gasteiger partial charge in [-0.25, -0.2) is 4.79 Å². The van der Waals surface area contributed by atoms with Crippen LogP contribution in [-0.4, -0.2) is 30.0 Å². The van der Waals surface area contributed by atoms with Crippen LogP contribution in [0.25, 0.3) is 0 Å². The van der Waals surface area contributed by atoms with E-state index in [1.807, 2.05) is 12.1 Å². The second-order valence-electron chi connectivity index (χ2n) is 6.89. The quantitative estimate of drug-likeness (QED) is 0.416. The van der Waals surface area contributed by atoms with Crippen molar-refractivity contribution in [1.82, 2.24) is 0 Å². The van der Waals surface area contributed by atoms with Gasteiger partial charge < -0.3 is 21.1 Å². The van der Waals surface area contributed by atoms with E-state index in [1.54, 1.807) is 24.3 Å². The smallest absolute Gasteiger partial charge is 0.330 e. The van der Waals surface area contributed by atoms with E-state index in [1.165, 1.54) is 12.8 Å². The Morgan fingerprint density at radius 1 is 1.21 bits per heavy atom. The number of carboxylic acids is 1. The summed E-state index contributed by atoms with van der Waals surface area (Å²) in [5.41, 5.74) is 9.74. The van der Waals surface area contributed by atoms with Crippen LogP contribution in [0.5, 0.6) is 0 Å². The number of hydrogen-bond acceptors (Lipinski definition) is 4. The van der Waals surface area contributed by atoms with E-state index in [0.717, 1.165) is 36.3 Å². The van der Waals surface area contributed by atoms with Crippen LogP contribution < -0.4 is 16.0 Å². The molecule has 0 aliphatic carbocycles. The summed E-state index contributed by atoms with van der Waals surface area (Å²) in [5.74, 6) is -0.937. The predicted molar refractivity (Wildman–Crippen MR) is 116 cm³/mol. The first kappa shape index (κ1) is 21.6. The predicted octanol–water partition coefficient (Wildman–Crippen LogP) is 3.79. The van der Waals surface area contributed by atoms with Crippen LogP contribution in [0.4, 0.5) is 11.4 Å². The maximum atomic E-state index is 12.0. The average molecular weight is 403 g/mol. The van der Waals surface area contributed by atoms with E-state index in [2.05, 4.69) is 23.2 Å². The number of rotatable bonds is 7. The molecule has 0 bridgehead atoms. The third-order valence-corrected chi connectivity index (χ3v) is 4.97. The van der Waals surface area contributed by atoms with Crippen molar-refractivity contribution < 1.29 is 9.90 Å². The van der Waals surface area contributed by atoms with Gasteiger partial charge in [0.05, 0.1) is 0 Å². The minimum Gasteiger partial charge on any atom is -0.479 e. The molecule has 0 amide bonds. The van der Waals surface area contributed by atoms with Crippen molar-refractivity contribution in [2.75, 3.05) is 23.3 Å². The molecule has 0 aromatic heterocycles. The molecular formula is C21H27ClN4O2. The van der Waals surface area contributed by atoms with E-state index < -0.39 is 12.0 Å². The number of halogens is 1. The summed E-state index contributed by atoms with van der Waals surface area (Å²) >= 11 is 0. The Kier molecular flexibility index (Phi) is 7.29. The lowest BCUT2D eigenvalue weighted by Crippen LogP contribution is -2.23. The number of benzene rings is 2. The van der Waals surface area contributed by atoms with E-state index in [9.17, 15) is 9.90 Å². The Hall–Kier alpha value is -2.73. The maximum absolute atomic E-state index is 12.0. The third-order valence-electron chi connectivity index (χ3n) is 4.97. The fraction of sp³-hybridized carbons (Fsp3) is 0.333. The lowest BCUT2D eigenvalue weighted by molar-refractivity contribution is -0.138. The van der Waals surface area contributed by atoms with Gasteiger partial charge >= 0.3 is 5.97 Å². The average Bonchev–Trinajstić information content (AvgIpc) is 3.20. The van der Waals surface area contributed by atoms with Crippen LogP contribution in [0, 0.1) is 5.41 Å². The van der Waals surface area contributed by atoms with Crippen molar-refractivity contribution in [1.29, 1.82) is 5.41 Å². The molecule has 0 spiro atoms. The maximum Gasteiger partial charge on any atom is 0.330 e. The van der Waals surface area contributed by atoms with Crippen molar-refractivity contribution in [3.05, 3.63) is 59.2 Å². The normalized spacial score (nSPS) is 14.2. The molecule has 150 valence electrons. The molecule has 1 saturated heterocycles. The monoisotopic (exact) mass is 402 g/mol. The lowest BCUT2D eigenvalue weighted by atomic mass is 10.0. The van der Waals surface area contributed by atoms with Crippen molar-refractivity contribution in [3.63, 3.8) is 0 Å². The third kappa shape index (κ3) is 4.95. The molecule has 7 heteroatoms. The summed E-state index contributed by atoms with van der Waals surface area (Å²) in [6.07, 6.45) is 3.21. The van der Waals surface area contributed by atoms with Gasteiger partial charge in [0.1, 0.15) is 5.84 Å². The molecular weight excluding hydrogens is 376 g/mol. The number of carboxylic acid groups (broad SMARTS) is 1. The first-order chi connectivity index (χ1) is 13.0. The highest BCUT2D eigenvalue weighted by atomic mass is 35.5. The molecule has 1 heterocycles. The zero-order valence-corrected chi connectivity index (χ0v) is 16.8. The summed E-state index contributed by atoms with van der Waals surface area (Å²) in [7, 11) is 0. The highest BCUT2D eigenvalue weighted by Gasteiger charge is 2.22. The summed E-state index contributed by atoms with van der Waals surface area (Å²) in [4.78, 5) is 14.3. The van der Waals surface area contributed by atoms with Crippen LogP contribution >= 0.6 is 12.4 Å². The first-order valence-electron chi connectivity index (χ1n) is 9.30. The number of anilines is 2. The number of nitrogens with zero attached hydrogens (tertiary/aromatic N) is 1. The molecule has 28 heavy (non-hydrogen) atoms. The Balaban J connectivity index is 0.00000280. The molecule has 2 aromatic rings. The molecule has 5 N–H and O–H groups in total. The number of amidine groups is 1. The molecule has 6 nitrogen and oxygen atoms in total. The number of nitrogens with two attached hydrogens (primary N) is 1. The van der Waals surface area contributed by atoms with Crippen LogP contribution in [0.3, 0.4) is 0 Å². The van der Waals surface area contributed by atoms with Crippen LogP contribution in [0.15, 0.2) is 42.5 Å². The largest absolute Gasteiger partial charge is 0.479 e. The Morgan fingerprint density at radius 2 is 1.86 bits per heavy atom. The zero-order chi connectivity index (χ0) is 19.4. The number of carbonyl (C=O) groups is 1. The standard InChI is InChI=1S/C21H26N4O2.ClH/c1-2-14-11-16(13-18(12-14)25-9-3-4-10-25)19(21(26)27)24-17-7-5-15(6-8-17)20(22)23;/h5-8,11-13,19,24H,2-4,9-10H2,1H3,(H3,22,23)(H,26,27);1H. The minimum atomic E-state index is -0.925. The van der Waals surface area contributed by atoms with Gasteiger partial charge in [-0.15, -0.1) is 12.4 Å². The van der Waals surface area contributed by atoms with Gasteiger partial charge in [0.15, 0.2) is 6.04 Å². The first-order valence-corrected chi connectivity index (χ1v) is 9.30. The zero-order valence-electron chi connectivity index (χ0n) is 15.9. The van der Waals surface area contributed by atoms with Gasteiger partial charge in [0.2, 0.25) is 0 Å². The Bertz CT molecular complexity index is 833. The lowest BCUT2D eigenvalue weighted by Gasteiger charge is -2.23. The molecule has 3 rings (SSSR count). The SMILES string of the molecule is CCc1cc(C(Nc2ccc(C(=N)N)cc2)C(=O)O)cc(N2CCCC2)c1.Cl. The van der Waals surface area contributed by atoms with Gasteiger partial charge in [0, 0.05) is 30.0 Å². The van der Waals surface area contributed by atoms with Crippen molar-refractivity contribution in [2.45, 2.75) is 32.2 Å². The molecule has 1 fully saturated rings. The van der Waals surface area contributed by atoms with Gasteiger partial charge in [-0.3, -0.25) is 5.41 Å². The van der Waals surface area contributed by atoms with E-state index in [4.69, 9.17) is 11.1 Å². The molecule has 1 unspecified atom stereocenters. The van der Waals surface area contributed by atoms with Gasteiger partial charge in [-0.2, -0.15) is 0 Å². The molecule has 0 radical (unpaired) electrons. The van der Waals surface area contributed by atoms with Crippen LogP contribution in [0.2, 0.25) is 0 Å². The molecule has 1 aliphatic rings. The number of aryl methyl sites for hydroxylation is 1. The summed E-state index contributed by atoms with van der Waals surface area (Å²) < 4.78 is 0. The highest BCUT2D eigenvalue weighted by Crippen LogP contribution is 2.28. The van der Waals surface area contributed by atoms with Gasteiger partial charge in [-0.05, 0) is 66.8 Å². The van der Waals surface area contributed by atoms with E-state index in [-0.39, 0.29) is 18.2 Å². The van der Waals surface area contributed by atoms with E-state index >= 15 is 0 Å². The summed E-state index contributed by atoms with van der Waals surface area (Å²) in [6, 6.07) is 12.2. The topological polar surface area (TPSA) is 102 Å². The fourth-order valence-electron chi connectivity index (χ4n) is 3.43. The minimum absolute atomic E-state index is 0. The van der Waals surface area contributed by atoms with Crippen LogP contribution in [0.1, 0.15) is 42.5 Å². The van der Waals surface area contributed by atoms with Crippen LogP contribution in [-0.2, 0) is 11.2 Å². The highest BCUT2D eigenvalue weighted by molar-refractivity contribution is 5.95. The number of aliphatic carboxylic acids is 1. The van der Waals surface area contributed by atoms with Crippen molar-refractivity contribution in [2.24, 2.45) is 5.73 Å². The fourth-order valence-corrected chi connectivity index (χ4v) is 3.43. The Morgan fingerprint density at radius 3 is 2.39 bits per heavy atom. The second kappa shape index (κ2) is 9.46. The molecule has 2 aromatic carbocycles. The summed E-state index contributed by atoms with van der Waals surface area (Å²) in [6.45, 7) is 4.12. The molecule has 1 atom stereocenters. The van der Waals surface area contributed by atoms with Crippen molar-refractivity contribution >= 4 is 35.6 Å². The molecule has 0 saturated carbocycles. The van der Waals surface area contributed by atoms with E-state index in [0.29, 0.717) is 11.3 Å². The molecule has 1 aliphatic heterocycles. The van der Waals surface area contributed by atoms with Crippen molar-refractivity contribution in [3.8, 4) is 0 Å². The van der Waals surface area contributed by atoms with Gasteiger partial charge in [0.25, 0.3) is 0 Å². The number of nitrogen functional groups attached to an aromatic ring is 1. The number of nitrogens with one attached hydrogen (secondary N) is 2. The Labute approximate surface area is 171 Å². The number of hydrogen-bond donors (Lipinski definition) is 4.